The van der Waals surface area contributed by atoms with Crippen molar-refractivity contribution in [3.63, 3.8) is 0 Å². The minimum atomic E-state index is -0.593. The van der Waals surface area contributed by atoms with Crippen molar-refractivity contribution in [2.24, 2.45) is 11.7 Å². The summed E-state index contributed by atoms with van der Waals surface area (Å²) in [6.45, 7) is 4.14. The summed E-state index contributed by atoms with van der Waals surface area (Å²) in [5.74, 6) is -0.989. The highest BCUT2D eigenvalue weighted by Crippen LogP contribution is 2.39. The Labute approximate surface area is 158 Å². The normalized spacial score (nSPS) is 15.7. The maximum absolute atomic E-state index is 13.8. The van der Waals surface area contributed by atoms with Gasteiger partial charge in [0, 0.05) is 17.8 Å². The summed E-state index contributed by atoms with van der Waals surface area (Å²) in [6, 6.07) is 10.8. The number of rotatable bonds is 6. The number of benzene rings is 2. The van der Waals surface area contributed by atoms with Crippen LogP contribution in [0.4, 0.5) is 10.1 Å². The van der Waals surface area contributed by atoms with Crippen LogP contribution in [0.5, 0.6) is 0 Å². The molecule has 5 nitrogen and oxygen atoms in total. The maximum Gasteiger partial charge on any atom is 0.258 e. The fourth-order valence-electron chi connectivity index (χ4n) is 3.10. The van der Waals surface area contributed by atoms with E-state index in [0.29, 0.717) is 23.7 Å². The molecule has 1 saturated carbocycles. The zero-order valence-electron chi connectivity index (χ0n) is 15.5. The summed E-state index contributed by atoms with van der Waals surface area (Å²) in [7, 11) is 0. The van der Waals surface area contributed by atoms with Gasteiger partial charge in [-0.1, -0.05) is 18.2 Å². The molecule has 0 bridgehead atoms. The van der Waals surface area contributed by atoms with Crippen molar-refractivity contribution in [1.82, 2.24) is 5.32 Å². The van der Waals surface area contributed by atoms with E-state index in [4.69, 9.17) is 5.73 Å². The smallest absolute Gasteiger partial charge is 0.258 e. The second-order valence-corrected chi connectivity index (χ2v) is 7.31. The van der Waals surface area contributed by atoms with E-state index in [-0.39, 0.29) is 11.5 Å². The molecule has 1 unspecified atom stereocenters. The molecular weight excluding hydrogens is 345 g/mol. The van der Waals surface area contributed by atoms with Crippen LogP contribution in [0.2, 0.25) is 0 Å². The second kappa shape index (κ2) is 7.48. The van der Waals surface area contributed by atoms with E-state index in [0.717, 1.165) is 18.4 Å². The van der Waals surface area contributed by atoms with Gasteiger partial charge in [0.1, 0.15) is 5.82 Å². The van der Waals surface area contributed by atoms with Crippen LogP contribution in [0.1, 0.15) is 46.0 Å². The molecule has 1 atom stereocenters. The van der Waals surface area contributed by atoms with Crippen LogP contribution in [0.15, 0.2) is 42.5 Å². The Balaban J connectivity index is 1.79. The topological polar surface area (TPSA) is 84.2 Å². The van der Waals surface area contributed by atoms with Gasteiger partial charge in [0.25, 0.3) is 11.8 Å². The summed E-state index contributed by atoms with van der Waals surface area (Å²) in [5.41, 5.74) is 7.06. The number of carbonyl (C=O) groups excluding carboxylic acids is 2. The van der Waals surface area contributed by atoms with Crippen molar-refractivity contribution in [3.8, 4) is 0 Å². The number of nitrogens with two attached hydrogens (primary N) is 1. The first kappa shape index (κ1) is 19.0. The molecule has 0 heterocycles. The van der Waals surface area contributed by atoms with Crippen LogP contribution in [-0.4, -0.2) is 23.9 Å². The van der Waals surface area contributed by atoms with Crippen LogP contribution in [0.25, 0.3) is 0 Å². The highest BCUT2D eigenvalue weighted by atomic mass is 19.1. The van der Waals surface area contributed by atoms with Gasteiger partial charge in [-0.25, -0.2) is 4.39 Å². The van der Waals surface area contributed by atoms with Gasteiger partial charge >= 0.3 is 0 Å². The van der Waals surface area contributed by atoms with Gasteiger partial charge < -0.3 is 16.4 Å². The Morgan fingerprint density at radius 1 is 1.19 bits per heavy atom. The average molecular weight is 369 g/mol. The van der Waals surface area contributed by atoms with Crippen LogP contribution >= 0.6 is 0 Å². The molecule has 6 heteroatoms. The first-order chi connectivity index (χ1) is 12.8. The van der Waals surface area contributed by atoms with Gasteiger partial charge in [0.2, 0.25) is 0 Å². The van der Waals surface area contributed by atoms with Crippen LogP contribution in [0, 0.1) is 18.7 Å². The van der Waals surface area contributed by atoms with Gasteiger partial charge in [-0.3, -0.25) is 9.59 Å². The van der Waals surface area contributed by atoms with Gasteiger partial charge in [0.15, 0.2) is 0 Å². The molecule has 27 heavy (non-hydrogen) atoms. The summed E-state index contributed by atoms with van der Waals surface area (Å²) in [4.78, 5) is 25.1. The van der Waals surface area contributed by atoms with E-state index in [1.165, 1.54) is 18.2 Å². The summed E-state index contributed by atoms with van der Waals surface area (Å²) in [6.07, 6.45) is 2.12. The lowest BCUT2D eigenvalue weighted by Gasteiger charge is -2.29. The maximum atomic E-state index is 13.8. The van der Waals surface area contributed by atoms with Crippen molar-refractivity contribution in [3.05, 3.63) is 65.0 Å². The molecule has 142 valence electrons. The van der Waals surface area contributed by atoms with Crippen molar-refractivity contribution >= 4 is 17.5 Å². The van der Waals surface area contributed by atoms with E-state index in [1.54, 1.807) is 24.3 Å². The molecule has 0 spiro atoms. The van der Waals surface area contributed by atoms with Crippen molar-refractivity contribution in [1.29, 1.82) is 0 Å². The summed E-state index contributed by atoms with van der Waals surface area (Å²) < 4.78 is 13.8. The fraction of sp³-hybridized carbons (Fsp3) is 0.333. The van der Waals surface area contributed by atoms with E-state index in [1.807, 2.05) is 13.8 Å². The van der Waals surface area contributed by atoms with E-state index in [9.17, 15) is 14.0 Å². The Hall–Kier alpha value is -2.73. The van der Waals surface area contributed by atoms with Crippen LogP contribution < -0.4 is 16.4 Å². The summed E-state index contributed by atoms with van der Waals surface area (Å²) >= 11 is 0. The number of nitrogens with one attached hydrogen (secondary N) is 2. The number of aryl methyl sites for hydroxylation is 1. The molecule has 1 aliphatic carbocycles. The number of carbonyl (C=O) groups is 2. The molecular formula is C21H24FN3O2. The van der Waals surface area contributed by atoms with Crippen molar-refractivity contribution < 1.29 is 14.0 Å². The molecule has 2 aromatic carbocycles. The van der Waals surface area contributed by atoms with Gasteiger partial charge in [0.05, 0.1) is 11.1 Å². The Bertz CT molecular complexity index is 879. The Kier molecular flexibility index (Phi) is 5.28. The first-order valence-electron chi connectivity index (χ1n) is 9.03. The molecule has 0 radical (unpaired) electrons. The van der Waals surface area contributed by atoms with Crippen molar-refractivity contribution in [2.45, 2.75) is 32.2 Å². The van der Waals surface area contributed by atoms with Gasteiger partial charge in [-0.2, -0.15) is 0 Å². The van der Waals surface area contributed by atoms with Crippen LogP contribution in [-0.2, 0) is 0 Å². The predicted molar refractivity (Wildman–Crippen MR) is 103 cm³/mol. The minimum absolute atomic E-state index is 0.0452. The molecule has 0 saturated heterocycles. The molecule has 2 amide bonds. The quantitative estimate of drug-likeness (QED) is 0.731. The minimum Gasteiger partial charge on any atom is -0.345 e. The number of hydrogen-bond donors (Lipinski definition) is 3. The third-order valence-electron chi connectivity index (χ3n) is 5.17. The highest BCUT2D eigenvalue weighted by Gasteiger charge is 2.41. The molecule has 3 rings (SSSR count). The summed E-state index contributed by atoms with van der Waals surface area (Å²) in [5, 5.41) is 5.72. The molecule has 1 fully saturated rings. The van der Waals surface area contributed by atoms with Gasteiger partial charge in [-0.15, -0.1) is 0 Å². The SMILES string of the molecule is Cc1ccc(C(=O)NC(C)(CN)C2CC2)cc1NC(=O)c1ccccc1F. The van der Waals surface area contributed by atoms with Crippen LogP contribution in [0.3, 0.4) is 0 Å². The van der Waals surface area contributed by atoms with Crippen molar-refractivity contribution in [2.75, 3.05) is 11.9 Å². The third-order valence-corrected chi connectivity index (χ3v) is 5.17. The standard InChI is InChI=1S/C21H24FN3O2/c1-13-7-8-14(19(26)25-21(2,12-23)15-9-10-15)11-18(13)24-20(27)16-5-3-4-6-17(16)22/h3-8,11,15H,9-10,12,23H2,1-2H3,(H,24,27)(H,25,26). The highest BCUT2D eigenvalue weighted by molar-refractivity contribution is 6.05. The number of anilines is 1. The Morgan fingerprint density at radius 2 is 1.89 bits per heavy atom. The monoisotopic (exact) mass is 369 g/mol. The lowest BCUT2D eigenvalue weighted by Crippen LogP contribution is -2.53. The lowest BCUT2D eigenvalue weighted by atomic mass is 9.95. The first-order valence-corrected chi connectivity index (χ1v) is 9.03. The lowest BCUT2D eigenvalue weighted by molar-refractivity contribution is 0.0897. The molecule has 2 aromatic rings. The third kappa shape index (κ3) is 4.17. The Morgan fingerprint density at radius 3 is 2.52 bits per heavy atom. The van der Waals surface area contributed by atoms with E-state index >= 15 is 0 Å². The predicted octanol–water partition coefficient (Wildman–Crippen LogP) is 3.24. The largest absolute Gasteiger partial charge is 0.345 e. The van der Waals surface area contributed by atoms with Gasteiger partial charge in [-0.05, 0) is 62.4 Å². The number of halogens is 1. The molecule has 0 aromatic heterocycles. The van der Waals surface area contributed by atoms with E-state index < -0.39 is 17.3 Å². The molecule has 1 aliphatic rings. The number of amides is 2. The second-order valence-electron chi connectivity index (χ2n) is 7.31. The average Bonchev–Trinajstić information content (AvgIpc) is 3.49. The molecule has 0 aliphatic heterocycles. The van der Waals surface area contributed by atoms with E-state index in [2.05, 4.69) is 10.6 Å². The molecule has 4 N–H and O–H groups in total. The number of hydrogen-bond acceptors (Lipinski definition) is 3. The zero-order chi connectivity index (χ0) is 19.6. The zero-order valence-corrected chi connectivity index (χ0v) is 15.5. The fourth-order valence-corrected chi connectivity index (χ4v) is 3.10.